The summed E-state index contributed by atoms with van der Waals surface area (Å²) in [4.78, 5) is 2.82. The summed E-state index contributed by atoms with van der Waals surface area (Å²) in [5, 5.41) is 7.92. The first-order chi connectivity index (χ1) is 8.49. The van der Waals surface area contributed by atoms with Gasteiger partial charge in [0.1, 0.15) is 0 Å². The monoisotopic (exact) mass is 343 g/mol. The minimum absolute atomic E-state index is 0.191. The largest absolute Gasteiger partial charge is 0.309 e. The average Bonchev–Trinajstić information content (AvgIpc) is 2.96. The third-order valence-corrected chi connectivity index (χ3v) is 6.16. The molecule has 2 aromatic heterocycles. The fourth-order valence-electron chi connectivity index (χ4n) is 1.81. The number of nitrogens with one attached hydrogen (secondary N) is 1. The zero-order valence-electron chi connectivity index (χ0n) is 10.9. The van der Waals surface area contributed by atoms with Gasteiger partial charge in [0, 0.05) is 37.6 Å². The van der Waals surface area contributed by atoms with Gasteiger partial charge in [-0.15, -0.1) is 22.7 Å². The van der Waals surface area contributed by atoms with E-state index in [0.29, 0.717) is 6.04 Å². The Balaban J connectivity index is 1.95. The Morgan fingerprint density at radius 2 is 2.17 bits per heavy atom. The molecule has 0 saturated carbocycles. The third-order valence-electron chi connectivity index (χ3n) is 3.05. The fraction of sp³-hybridized carbons (Fsp3) is 0.429. The number of hydrogen-bond donors (Lipinski definition) is 1. The molecule has 98 valence electrons. The Hall–Kier alpha value is -0.160. The van der Waals surface area contributed by atoms with Crippen LogP contribution in [0.25, 0.3) is 0 Å². The van der Waals surface area contributed by atoms with Crippen LogP contribution in [0.15, 0.2) is 33.4 Å². The van der Waals surface area contributed by atoms with Gasteiger partial charge in [0.05, 0.1) is 0 Å². The van der Waals surface area contributed by atoms with Crippen LogP contribution in [0.3, 0.4) is 0 Å². The van der Waals surface area contributed by atoms with Crippen LogP contribution in [-0.2, 0) is 5.41 Å². The molecule has 0 fully saturated rings. The second kappa shape index (κ2) is 5.87. The summed E-state index contributed by atoms with van der Waals surface area (Å²) in [6, 6.07) is 6.95. The highest BCUT2D eigenvalue weighted by Gasteiger charge is 2.22. The number of thiophene rings is 2. The van der Waals surface area contributed by atoms with Crippen molar-refractivity contribution >= 4 is 38.6 Å². The van der Waals surface area contributed by atoms with E-state index in [4.69, 9.17) is 0 Å². The predicted octanol–water partition coefficient (Wildman–Crippen LogP) is 5.20. The van der Waals surface area contributed by atoms with Crippen LogP contribution in [0.4, 0.5) is 0 Å². The van der Waals surface area contributed by atoms with Crippen molar-refractivity contribution in [3.05, 3.63) is 43.2 Å². The van der Waals surface area contributed by atoms with Gasteiger partial charge in [-0.3, -0.25) is 0 Å². The van der Waals surface area contributed by atoms with Crippen LogP contribution in [0.5, 0.6) is 0 Å². The first-order valence-corrected chi connectivity index (χ1v) is 8.55. The van der Waals surface area contributed by atoms with Crippen molar-refractivity contribution in [2.45, 2.75) is 32.2 Å². The molecule has 1 nitrogen and oxygen atoms in total. The summed E-state index contributed by atoms with van der Waals surface area (Å²) >= 11 is 7.14. The van der Waals surface area contributed by atoms with E-state index in [1.807, 2.05) is 11.3 Å². The van der Waals surface area contributed by atoms with Gasteiger partial charge in [0.15, 0.2) is 0 Å². The van der Waals surface area contributed by atoms with Crippen LogP contribution in [-0.4, -0.2) is 6.54 Å². The van der Waals surface area contributed by atoms with Gasteiger partial charge in [0.25, 0.3) is 0 Å². The molecular formula is C14H18BrNS2. The van der Waals surface area contributed by atoms with E-state index in [1.54, 1.807) is 11.3 Å². The zero-order valence-corrected chi connectivity index (χ0v) is 14.1. The van der Waals surface area contributed by atoms with Crippen molar-refractivity contribution in [3.8, 4) is 0 Å². The van der Waals surface area contributed by atoms with E-state index in [9.17, 15) is 0 Å². The lowest BCUT2D eigenvalue weighted by molar-refractivity contribution is 0.444. The summed E-state index contributed by atoms with van der Waals surface area (Å²) in [5.41, 5.74) is 0.191. The maximum atomic E-state index is 3.64. The predicted molar refractivity (Wildman–Crippen MR) is 85.8 cm³/mol. The van der Waals surface area contributed by atoms with Crippen LogP contribution in [0.2, 0.25) is 0 Å². The molecule has 2 aromatic rings. The molecule has 1 unspecified atom stereocenters. The second-order valence-electron chi connectivity index (χ2n) is 5.13. The second-order valence-corrected chi connectivity index (χ2v) is 7.94. The fourth-order valence-corrected chi connectivity index (χ4v) is 4.14. The minimum Gasteiger partial charge on any atom is -0.309 e. The molecule has 0 spiro atoms. The summed E-state index contributed by atoms with van der Waals surface area (Å²) in [5.74, 6) is 0. The van der Waals surface area contributed by atoms with Crippen molar-refractivity contribution in [2.75, 3.05) is 6.54 Å². The van der Waals surface area contributed by atoms with Gasteiger partial charge in [-0.2, -0.15) is 0 Å². The first kappa shape index (κ1) is 14.3. The van der Waals surface area contributed by atoms with Gasteiger partial charge in [-0.05, 0) is 40.4 Å². The topological polar surface area (TPSA) is 12.0 Å². The molecule has 2 heterocycles. The number of rotatable bonds is 5. The van der Waals surface area contributed by atoms with Crippen molar-refractivity contribution in [1.82, 2.24) is 5.32 Å². The zero-order chi connectivity index (χ0) is 13.2. The molecule has 4 heteroatoms. The summed E-state index contributed by atoms with van der Waals surface area (Å²) < 4.78 is 1.17. The van der Waals surface area contributed by atoms with E-state index >= 15 is 0 Å². The Bertz CT molecular complexity index is 488. The minimum atomic E-state index is 0.191. The molecule has 2 rings (SSSR count). The molecule has 0 aliphatic carbocycles. The molecular weight excluding hydrogens is 326 g/mol. The molecule has 1 N–H and O–H groups in total. The lowest BCUT2D eigenvalue weighted by Crippen LogP contribution is -2.33. The third kappa shape index (κ3) is 3.44. The normalized spacial score (nSPS) is 13.8. The molecule has 0 aliphatic rings. The lowest BCUT2D eigenvalue weighted by atomic mass is 9.91. The van der Waals surface area contributed by atoms with Gasteiger partial charge < -0.3 is 5.32 Å². The maximum Gasteiger partial charge on any atom is 0.0386 e. The van der Waals surface area contributed by atoms with E-state index in [1.165, 1.54) is 14.2 Å². The molecule has 0 radical (unpaired) electrons. The highest BCUT2D eigenvalue weighted by molar-refractivity contribution is 9.10. The van der Waals surface area contributed by atoms with E-state index in [0.717, 1.165) is 6.54 Å². The average molecular weight is 344 g/mol. The molecule has 0 aliphatic heterocycles. The Morgan fingerprint density at radius 1 is 1.39 bits per heavy atom. The van der Waals surface area contributed by atoms with Gasteiger partial charge in [-0.25, -0.2) is 0 Å². The Kier molecular flexibility index (Phi) is 4.64. The SMILES string of the molecule is CC(NCC(C)(C)c1cccs1)c1cc(Br)cs1. The van der Waals surface area contributed by atoms with Crippen molar-refractivity contribution in [1.29, 1.82) is 0 Å². The van der Waals surface area contributed by atoms with Gasteiger partial charge in [0.2, 0.25) is 0 Å². The van der Waals surface area contributed by atoms with E-state index < -0.39 is 0 Å². The highest BCUT2D eigenvalue weighted by atomic mass is 79.9. The molecule has 0 bridgehead atoms. The van der Waals surface area contributed by atoms with Crippen LogP contribution < -0.4 is 5.32 Å². The maximum absolute atomic E-state index is 3.64. The summed E-state index contributed by atoms with van der Waals surface area (Å²) in [6.07, 6.45) is 0. The Morgan fingerprint density at radius 3 is 2.72 bits per heavy atom. The first-order valence-electron chi connectivity index (χ1n) is 6.00. The highest BCUT2D eigenvalue weighted by Crippen LogP contribution is 2.29. The molecule has 0 aromatic carbocycles. The van der Waals surface area contributed by atoms with Gasteiger partial charge >= 0.3 is 0 Å². The lowest BCUT2D eigenvalue weighted by Gasteiger charge is -2.26. The van der Waals surface area contributed by atoms with Gasteiger partial charge in [-0.1, -0.05) is 19.9 Å². The van der Waals surface area contributed by atoms with E-state index in [2.05, 4.69) is 71.0 Å². The summed E-state index contributed by atoms with van der Waals surface area (Å²) in [6.45, 7) is 7.80. The van der Waals surface area contributed by atoms with Crippen molar-refractivity contribution < 1.29 is 0 Å². The van der Waals surface area contributed by atoms with Crippen molar-refractivity contribution in [3.63, 3.8) is 0 Å². The standard InChI is InChI=1S/C14H18BrNS2/c1-10(12-7-11(15)8-18-12)16-9-14(2,3)13-5-4-6-17-13/h4-8,10,16H,9H2,1-3H3. The quantitative estimate of drug-likeness (QED) is 0.786. The van der Waals surface area contributed by atoms with E-state index in [-0.39, 0.29) is 5.41 Å². The smallest absolute Gasteiger partial charge is 0.0386 e. The molecule has 1 atom stereocenters. The number of hydrogen-bond acceptors (Lipinski definition) is 3. The molecule has 0 amide bonds. The number of halogens is 1. The molecule has 0 saturated heterocycles. The van der Waals surface area contributed by atoms with Crippen LogP contribution in [0.1, 0.15) is 36.6 Å². The molecule has 18 heavy (non-hydrogen) atoms. The summed E-state index contributed by atoms with van der Waals surface area (Å²) in [7, 11) is 0. The van der Waals surface area contributed by atoms with Crippen LogP contribution >= 0.6 is 38.6 Å². The van der Waals surface area contributed by atoms with Crippen LogP contribution in [0, 0.1) is 0 Å². The Labute approximate surface area is 125 Å². The van der Waals surface area contributed by atoms with Crippen molar-refractivity contribution in [2.24, 2.45) is 0 Å².